The van der Waals surface area contributed by atoms with Gasteiger partial charge in [-0.05, 0) is 56.4 Å². The Morgan fingerprint density at radius 1 is 1.14 bits per heavy atom. The van der Waals surface area contributed by atoms with Crippen LogP contribution in [0.4, 0.5) is 0 Å². The van der Waals surface area contributed by atoms with Gasteiger partial charge in [0.05, 0.1) is 18.2 Å². The molecule has 4 rings (SSSR count). The Morgan fingerprint density at radius 2 is 1.86 bits per heavy atom. The van der Waals surface area contributed by atoms with E-state index in [0.717, 1.165) is 22.2 Å². The van der Waals surface area contributed by atoms with Crippen molar-refractivity contribution < 1.29 is 23.2 Å². The zero-order valence-electron chi connectivity index (χ0n) is 21.0. The fourth-order valence-corrected chi connectivity index (χ4v) is 5.86. The fraction of sp³-hybridized carbons (Fsp3) is 0.462. The van der Waals surface area contributed by atoms with Crippen molar-refractivity contribution in [1.29, 1.82) is 0 Å². The topological polar surface area (TPSA) is 126 Å². The Bertz CT molecular complexity index is 1300. The molecule has 2 aromatic heterocycles. The number of aromatic nitrogens is 3. The third-order valence-corrected chi connectivity index (χ3v) is 8.20. The van der Waals surface area contributed by atoms with Crippen LogP contribution in [0.3, 0.4) is 0 Å². The van der Waals surface area contributed by atoms with Crippen LogP contribution in [-0.2, 0) is 32.6 Å². The zero-order valence-corrected chi connectivity index (χ0v) is 21.8. The molecule has 3 heterocycles. The first kappa shape index (κ1) is 27.1. The van der Waals surface area contributed by atoms with Gasteiger partial charge in [0.1, 0.15) is 11.6 Å². The van der Waals surface area contributed by atoms with Gasteiger partial charge in [0.25, 0.3) is 5.91 Å². The molecule has 0 atom stereocenters. The number of aryl methyl sites for hydroxylation is 2. The van der Waals surface area contributed by atoms with E-state index in [1.165, 1.54) is 4.31 Å². The minimum absolute atomic E-state index is 0.0558. The molecule has 1 fully saturated rings. The van der Waals surface area contributed by atoms with E-state index in [1.54, 1.807) is 18.5 Å². The third kappa shape index (κ3) is 7.51. The second-order valence-corrected chi connectivity index (χ2v) is 11.2. The molecule has 10 nitrogen and oxygen atoms in total. The number of nitrogens with zero attached hydrogens (tertiary/aromatic N) is 5. The van der Waals surface area contributed by atoms with Gasteiger partial charge in [-0.2, -0.15) is 0 Å². The molecular weight excluding hydrogens is 494 g/mol. The van der Waals surface area contributed by atoms with Crippen molar-refractivity contribution in [2.24, 2.45) is 0 Å². The number of hydrogen-bond acceptors (Lipinski definition) is 8. The zero-order chi connectivity index (χ0) is 26.3. The van der Waals surface area contributed by atoms with Gasteiger partial charge in [-0.25, -0.2) is 27.8 Å². The maximum absolute atomic E-state index is 12.8. The number of hydroxylamine groups is 2. The Labute approximate surface area is 217 Å². The number of rotatable bonds is 11. The molecular formula is C26H33N5O5S. The number of hydrogen-bond donors (Lipinski definition) is 1. The highest BCUT2D eigenvalue weighted by atomic mass is 32.2. The first-order chi connectivity index (χ1) is 17.8. The van der Waals surface area contributed by atoms with Crippen LogP contribution in [0.2, 0.25) is 0 Å². The molecule has 0 bridgehead atoms. The Kier molecular flexibility index (Phi) is 9.14. The van der Waals surface area contributed by atoms with Gasteiger partial charge in [-0.3, -0.25) is 15.0 Å². The summed E-state index contributed by atoms with van der Waals surface area (Å²) in [5.41, 5.74) is 2.91. The number of piperidine rings is 1. The average molecular weight is 528 g/mol. The highest BCUT2D eigenvalue weighted by Crippen LogP contribution is 2.22. The van der Waals surface area contributed by atoms with E-state index in [4.69, 9.17) is 4.74 Å². The van der Waals surface area contributed by atoms with Crippen LogP contribution in [0.1, 0.15) is 42.8 Å². The molecule has 0 unspecified atom stereocenters. The number of ether oxygens (including phenoxy) is 1. The summed E-state index contributed by atoms with van der Waals surface area (Å²) in [6, 6.07) is 11.7. The minimum Gasteiger partial charge on any atom is -0.373 e. The SMILES string of the molecule is Cc1cc(COC2CCN(S(=O)(=O)CC(=O)N(O)CCCCc3ncccn3)CC2)c2ccccc2n1. The van der Waals surface area contributed by atoms with E-state index < -0.39 is 21.7 Å². The van der Waals surface area contributed by atoms with Crippen molar-refractivity contribution in [3.8, 4) is 0 Å². The molecule has 0 spiro atoms. The normalized spacial score (nSPS) is 15.2. The van der Waals surface area contributed by atoms with Crippen LogP contribution in [0.5, 0.6) is 0 Å². The van der Waals surface area contributed by atoms with Gasteiger partial charge in [0.15, 0.2) is 0 Å². The van der Waals surface area contributed by atoms with Crippen LogP contribution >= 0.6 is 0 Å². The minimum atomic E-state index is -3.83. The highest BCUT2D eigenvalue weighted by Gasteiger charge is 2.31. The summed E-state index contributed by atoms with van der Waals surface area (Å²) >= 11 is 0. The lowest BCUT2D eigenvalue weighted by molar-refractivity contribution is -0.162. The first-order valence-corrected chi connectivity index (χ1v) is 14.1. The van der Waals surface area contributed by atoms with Crippen molar-refractivity contribution in [3.63, 3.8) is 0 Å². The summed E-state index contributed by atoms with van der Waals surface area (Å²) in [5, 5.41) is 11.6. The standard InChI is InChI=1S/C26H33N5O5S/c1-20-17-21(23-7-2-3-8-24(23)29-20)18-36-22-10-15-30(16-11-22)37(34,35)19-26(32)31(33)14-5-4-9-25-27-12-6-13-28-25/h2-3,6-8,12-13,17,22,33H,4-5,9-11,14-16,18-19H2,1H3. The maximum atomic E-state index is 12.8. The van der Waals surface area contributed by atoms with Crippen molar-refractivity contribution in [2.75, 3.05) is 25.4 Å². The molecule has 1 saturated heterocycles. The Morgan fingerprint density at radius 3 is 2.62 bits per heavy atom. The van der Waals surface area contributed by atoms with E-state index >= 15 is 0 Å². The largest absolute Gasteiger partial charge is 0.373 e. The van der Waals surface area contributed by atoms with E-state index in [-0.39, 0.29) is 25.7 Å². The number of amides is 1. The molecule has 1 N–H and O–H groups in total. The van der Waals surface area contributed by atoms with Crippen LogP contribution in [0.25, 0.3) is 10.9 Å². The predicted octanol–water partition coefficient (Wildman–Crippen LogP) is 2.88. The lowest BCUT2D eigenvalue weighted by atomic mass is 10.1. The van der Waals surface area contributed by atoms with Gasteiger partial charge >= 0.3 is 0 Å². The molecule has 0 radical (unpaired) electrons. The number of fused-ring (bicyclic) bond motifs is 1. The average Bonchev–Trinajstić information content (AvgIpc) is 2.90. The van der Waals surface area contributed by atoms with Crippen LogP contribution < -0.4 is 0 Å². The van der Waals surface area contributed by atoms with Crippen LogP contribution in [-0.4, -0.2) is 75.3 Å². The monoisotopic (exact) mass is 527 g/mol. The third-order valence-electron chi connectivity index (χ3n) is 6.43. The number of sulfonamides is 1. The smallest absolute Gasteiger partial charge is 0.262 e. The Hall–Kier alpha value is -2.99. The van der Waals surface area contributed by atoms with Crippen molar-refractivity contribution in [3.05, 3.63) is 65.9 Å². The Balaban J connectivity index is 1.20. The van der Waals surface area contributed by atoms with Crippen molar-refractivity contribution in [2.45, 2.75) is 51.7 Å². The molecule has 11 heteroatoms. The number of carbonyl (C=O) groups excluding carboxylic acids is 1. The first-order valence-electron chi connectivity index (χ1n) is 12.5. The molecule has 1 aliphatic rings. The summed E-state index contributed by atoms with van der Waals surface area (Å²) in [6.45, 7) is 2.99. The summed E-state index contributed by atoms with van der Waals surface area (Å²) in [4.78, 5) is 25.1. The van der Waals surface area contributed by atoms with Crippen molar-refractivity contribution >= 4 is 26.8 Å². The second kappa shape index (κ2) is 12.5. The van der Waals surface area contributed by atoms with Gasteiger partial charge < -0.3 is 4.74 Å². The number of carbonyl (C=O) groups is 1. The number of para-hydroxylation sites is 1. The maximum Gasteiger partial charge on any atom is 0.262 e. The van der Waals surface area contributed by atoms with Crippen molar-refractivity contribution in [1.82, 2.24) is 24.3 Å². The quantitative estimate of drug-likeness (QED) is 0.229. The summed E-state index contributed by atoms with van der Waals surface area (Å²) < 4.78 is 33.0. The van der Waals surface area contributed by atoms with E-state index in [2.05, 4.69) is 15.0 Å². The molecule has 1 aromatic carbocycles. The molecule has 0 aliphatic carbocycles. The van der Waals surface area contributed by atoms with Crippen LogP contribution in [0.15, 0.2) is 48.8 Å². The number of benzene rings is 1. The summed E-state index contributed by atoms with van der Waals surface area (Å²) in [5.74, 6) is -0.883. The fourth-order valence-electron chi connectivity index (χ4n) is 4.45. The lowest BCUT2D eigenvalue weighted by Crippen LogP contribution is -2.45. The van der Waals surface area contributed by atoms with E-state index in [0.29, 0.717) is 49.6 Å². The van der Waals surface area contributed by atoms with E-state index in [9.17, 15) is 18.4 Å². The number of unbranched alkanes of at least 4 members (excludes halogenated alkanes) is 1. The van der Waals surface area contributed by atoms with Gasteiger partial charge in [-0.1, -0.05) is 18.2 Å². The highest BCUT2D eigenvalue weighted by molar-refractivity contribution is 7.89. The molecule has 198 valence electrons. The van der Waals surface area contributed by atoms with E-state index in [1.807, 2.05) is 37.3 Å². The molecule has 1 amide bonds. The second-order valence-electron chi connectivity index (χ2n) is 9.24. The molecule has 37 heavy (non-hydrogen) atoms. The predicted molar refractivity (Wildman–Crippen MR) is 138 cm³/mol. The van der Waals surface area contributed by atoms with Gasteiger partial charge in [0, 0.05) is 49.5 Å². The van der Waals surface area contributed by atoms with Gasteiger partial charge in [0.2, 0.25) is 10.0 Å². The summed E-state index contributed by atoms with van der Waals surface area (Å²) in [6.07, 6.45) is 6.13. The number of pyridine rings is 1. The molecule has 0 saturated carbocycles. The summed E-state index contributed by atoms with van der Waals surface area (Å²) in [7, 11) is -3.83. The molecule has 3 aromatic rings. The van der Waals surface area contributed by atoms with Crippen LogP contribution in [0, 0.1) is 6.92 Å². The molecule has 1 aliphatic heterocycles. The van der Waals surface area contributed by atoms with Gasteiger partial charge in [-0.15, -0.1) is 0 Å². The lowest BCUT2D eigenvalue weighted by Gasteiger charge is -2.31.